The maximum atomic E-state index is 13.4. The minimum Gasteiger partial charge on any atom is -0.368 e. The minimum atomic E-state index is -0.456. The van der Waals surface area contributed by atoms with Crippen molar-refractivity contribution in [2.75, 3.05) is 32.7 Å². The van der Waals surface area contributed by atoms with Gasteiger partial charge in [-0.25, -0.2) is 4.98 Å². The van der Waals surface area contributed by atoms with Gasteiger partial charge in [-0.1, -0.05) is 0 Å². The number of amides is 2. The molecule has 2 amide bonds. The number of hydrogen-bond acceptors (Lipinski definition) is 5. The van der Waals surface area contributed by atoms with Gasteiger partial charge < -0.3 is 24.8 Å². The predicted molar refractivity (Wildman–Crippen MR) is 101 cm³/mol. The maximum absolute atomic E-state index is 13.4. The Kier molecular flexibility index (Phi) is 4.24. The molecule has 0 radical (unpaired) electrons. The number of piperidine rings is 1. The first kappa shape index (κ1) is 18.1. The molecule has 152 valence electrons. The van der Waals surface area contributed by atoms with E-state index in [0.29, 0.717) is 25.6 Å². The first-order chi connectivity index (χ1) is 13.5. The van der Waals surface area contributed by atoms with Gasteiger partial charge in [-0.15, -0.1) is 0 Å². The molecule has 4 aliphatic rings. The van der Waals surface area contributed by atoms with Crippen LogP contribution in [-0.4, -0.2) is 75.6 Å². The molecule has 2 N–H and O–H groups in total. The molecule has 0 unspecified atom stereocenters. The highest BCUT2D eigenvalue weighted by atomic mass is 16.5. The third kappa shape index (κ3) is 2.54. The summed E-state index contributed by atoms with van der Waals surface area (Å²) in [6.07, 6.45) is 7.28. The minimum absolute atomic E-state index is 0.0638. The quantitative estimate of drug-likeness (QED) is 0.790. The summed E-state index contributed by atoms with van der Waals surface area (Å²) in [6, 6.07) is 0. The first-order valence-corrected chi connectivity index (χ1v) is 10.5. The van der Waals surface area contributed by atoms with E-state index in [9.17, 15) is 9.59 Å². The van der Waals surface area contributed by atoms with Gasteiger partial charge in [0.05, 0.1) is 30.1 Å². The summed E-state index contributed by atoms with van der Waals surface area (Å²) >= 11 is 0. The summed E-state index contributed by atoms with van der Waals surface area (Å²) in [5, 5.41) is 0. The Morgan fingerprint density at radius 1 is 1.36 bits per heavy atom. The highest BCUT2D eigenvalue weighted by molar-refractivity contribution is 5.92. The summed E-state index contributed by atoms with van der Waals surface area (Å²) in [5.41, 5.74) is 5.22. The molecule has 0 aliphatic carbocycles. The number of ether oxygens (including phenoxy) is 1. The van der Waals surface area contributed by atoms with Crippen LogP contribution in [0.2, 0.25) is 0 Å². The van der Waals surface area contributed by atoms with Crippen molar-refractivity contribution in [3.63, 3.8) is 0 Å². The number of fused-ring (bicyclic) bond motifs is 1. The number of imidazole rings is 1. The summed E-state index contributed by atoms with van der Waals surface area (Å²) in [4.78, 5) is 34.7. The van der Waals surface area contributed by atoms with Crippen molar-refractivity contribution >= 4 is 11.8 Å². The smallest absolute Gasteiger partial charge is 0.229 e. The molecular weight excluding hydrogens is 358 g/mol. The molecule has 4 atom stereocenters. The number of aromatic nitrogens is 2. The molecule has 8 heteroatoms. The van der Waals surface area contributed by atoms with Gasteiger partial charge in [0.1, 0.15) is 5.82 Å². The van der Waals surface area contributed by atoms with Gasteiger partial charge in [-0.2, -0.15) is 0 Å². The zero-order valence-corrected chi connectivity index (χ0v) is 16.4. The summed E-state index contributed by atoms with van der Waals surface area (Å²) < 4.78 is 8.36. The number of rotatable bonds is 4. The first-order valence-electron chi connectivity index (χ1n) is 10.5. The number of likely N-dealkylation sites (tertiary alicyclic amines) is 2. The summed E-state index contributed by atoms with van der Waals surface area (Å²) in [5.74, 6) is 1.01. The molecule has 5 rings (SSSR count). The Morgan fingerprint density at radius 3 is 2.82 bits per heavy atom. The third-order valence-corrected chi connectivity index (χ3v) is 7.32. The second-order valence-corrected chi connectivity index (χ2v) is 8.81. The van der Waals surface area contributed by atoms with Crippen molar-refractivity contribution in [2.45, 2.75) is 43.3 Å². The second kappa shape index (κ2) is 6.56. The van der Waals surface area contributed by atoms with E-state index in [2.05, 4.69) is 9.55 Å². The maximum Gasteiger partial charge on any atom is 0.229 e. The molecule has 4 fully saturated rings. The van der Waals surface area contributed by atoms with Crippen LogP contribution >= 0.6 is 0 Å². The van der Waals surface area contributed by atoms with Crippen LogP contribution in [0.25, 0.3) is 0 Å². The van der Waals surface area contributed by atoms with E-state index >= 15 is 0 Å². The Morgan fingerprint density at radius 2 is 2.14 bits per heavy atom. The van der Waals surface area contributed by atoms with Crippen LogP contribution < -0.4 is 5.73 Å². The van der Waals surface area contributed by atoms with E-state index in [0.717, 1.165) is 44.6 Å². The Balaban J connectivity index is 1.30. The molecule has 8 nitrogen and oxygen atoms in total. The molecule has 1 aromatic heterocycles. The highest BCUT2D eigenvalue weighted by Gasteiger charge is 2.69. The molecule has 0 aromatic carbocycles. The van der Waals surface area contributed by atoms with E-state index in [1.807, 2.05) is 24.3 Å². The molecule has 4 saturated heterocycles. The van der Waals surface area contributed by atoms with Crippen LogP contribution in [0.1, 0.15) is 37.4 Å². The Hall–Kier alpha value is -1.93. The van der Waals surface area contributed by atoms with E-state index in [1.165, 1.54) is 0 Å². The van der Waals surface area contributed by atoms with E-state index in [4.69, 9.17) is 10.5 Å². The van der Waals surface area contributed by atoms with Crippen molar-refractivity contribution in [1.82, 2.24) is 19.4 Å². The average Bonchev–Trinajstić information content (AvgIpc) is 3.44. The Bertz CT molecular complexity index is 787. The fourth-order valence-corrected chi connectivity index (χ4v) is 6.01. The van der Waals surface area contributed by atoms with Gasteiger partial charge in [0, 0.05) is 51.5 Å². The number of nitrogens with zero attached hydrogens (tertiary/aromatic N) is 4. The van der Waals surface area contributed by atoms with Gasteiger partial charge in [-0.05, 0) is 25.7 Å². The lowest BCUT2D eigenvalue weighted by atomic mass is 9.72. The zero-order chi connectivity index (χ0) is 19.5. The fourth-order valence-electron chi connectivity index (χ4n) is 6.01. The van der Waals surface area contributed by atoms with Crippen LogP contribution in [0.4, 0.5) is 0 Å². The molecule has 2 bridgehead atoms. The van der Waals surface area contributed by atoms with Crippen LogP contribution in [0.15, 0.2) is 12.4 Å². The molecule has 28 heavy (non-hydrogen) atoms. The van der Waals surface area contributed by atoms with Gasteiger partial charge in [-0.3, -0.25) is 9.59 Å². The standard InChI is InChI=1S/C20H29N5O3/c1-23-11-7-22-17(23)13-3-8-24(9-4-13)18(26)15-14-2-5-20(28-14)12-25(10-6-21)19(27)16(15)20/h7,11,13-16H,2-6,8-10,12,21H2,1H3/t14-,15-,16+,20-/m0/s1. The summed E-state index contributed by atoms with van der Waals surface area (Å²) in [6.45, 7) is 3.02. The number of hydrogen-bond donors (Lipinski definition) is 1. The molecule has 1 aromatic rings. The fraction of sp³-hybridized carbons (Fsp3) is 0.750. The molecular formula is C20H29N5O3. The number of nitrogens with two attached hydrogens (primary N) is 1. The van der Waals surface area contributed by atoms with Gasteiger partial charge in [0.25, 0.3) is 0 Å². The topological polar surface area (TPSA) is 93.7 Å². The van der Waals surface area contributed by atoms with Crippen LogP contribution in [0.5, 0.6) is 0 Å². The second-order valence-electron chi connectivity index (χ2n) is 8.81. The lowest BCUT2D eigenvalue weighted by Crippen LogP contribution is -2.49. The Labute approximate surface area is 165 Å². The van der Waals surface area contributed by atoms with Crippen molar-refractivity contribution in [1.29, 1.82) is 0 Å². The predicted octanol–water partition coefficient (Wildman–Crippen LogP) is 0.0908. The zero-order valence-electron chi connectivity index (χ0n) is 16.4. The molecule has 0 saturated carbocycles. The van der Waals surface area contributed by atoms with Crippen molar-refractivity contribution in [3.8, 4) is 0 Å². The van der Waals surface area contributed by atoms with Gasteiger partial charge in [0.2, 0.25) is 11.8 Å². The van der Waals surface area contributed by atoms with Gasteiger partial charge in [0.15, 0.2) is 0 Å². The number of carbonyl (C=O) groups excluding carboxylic acids is 2. The normalized spacial score (nSPS) is 35.1. The van der Waals surface area contributed by atoms with E-state index in [1.54, 1.807) is 4.90 Å². The van der Waals surface area contributed by atoms with E-state index < -0.39 is 5.60 Å². The van der Waals surface area contributed by atoms with Gasteiger partial charge >= 0.3 is 0 Å². The lowest BCUT2D eigenvalue weighted by Gasteiger charge is -2.36. The number of carbonyl (C=O) groups is 2. The van der Waals surface area contributed by atoms with E-state index in [-0.39, 0.29) is 29.8 Å². The van der Waals surface area contributed by atoms with Crippen LogP contribution in [0.3, 0.4) is 0 Å². The molecule has 1 spiro atoms. The SMILES string of the molecule is Cn1ccnc1C1CCN(C(=O)[C@H]2[C@@H]3CC[C@@]4(CN(CCN)C(=O)[C@@H]24)O3)CC1. The van der Waals surface area contributed by atoms with Crippen LogP contribution in [-0.2, 0) is 21.4 Å². The van der Waals surface area contributed by atoms with Crippen LogP contribution in [0, 0.1) is 11.8 Å². The van der Waals surface area contributed by atoms with Crippen molar-refractivity contribution in [3.05, 3.63) is 18.2 Å². The molecule has 5 heterocycles. The largest absolute Gasteiger partial charge is 0.368 e. The highest BCUT2D eigenvalue weighted by Crippen LogP contribution is 2.55. The van der Waals surface area contributed by atoms with Crippen molar-refractivity contribution in [2.24, 2.45) is 24.6 Å². The average molecular weight is 387 g/mol. The lowest BCUT2D eigenvalue weighted by molar-refractivity contribution is -0.145. The number of aryl methyl sites for hydroxylation is 1. The summed E-state index contributed by atoms with van der Waals surface area (Å²) in [7, 11) is 2.02. The third-order valence-electron chi connectivity index (χ3n) is 7.32. The van der Waals surface area contributed by atoms with Crippen molar-refractivity contribution < 1.29 is 14.3 Å². The molecule has 4 aliphatic heterocycles. The monoisotopic (exact) mass is 387 g/mol.